The van der Waals surface area contributed by atoms with E-state index in [1.54, 1.807) is 0 Å². The fraction of sp³-hybridized carbons (Fsp3) is 0.0909. The first-order chi connectivity index (χ1) is 7.75. The van der Waals surface area contributed by atoms with E-state index < -0.39 is 6.09 Å². The summed E-state index contributed by atoms with van der Waals surface area (Å²) in [7, 11) is 0. The molecule has 2 rings (SSSR count). The fourth-order valence-corrected chi connectivity index (χ4v) is 2.09. The van der Waals surface area contributed by atoms with Gasteiger partial charge in [0.15, 0.2) is 4.80 Å². The number of carboxylic acid groups (broad SMARTS) is 1. The van der Waals surface area contributed by atoms with Crippen LogP contribution in [-0.2, 0) is 6.54 Å². The van der Waals surface area contributed by atoms with Crippen molar-refractivity contribution in [3.8, 4) is 0 Å². The molecular weight excluding hydrogens is 224 g/mol. The molecule has 0 aliphatic carbocycles. The van der Waals surface area contributed by atoms with Crippen LogP contribution in [0.1, 0.15) is 5.56 Å². The Hall–Kier alpha value is -1.88. The number of hydrogen-bond acceptors (Lipinski definition) is 2. The first kappa shape index (κ1) is 10.6. The zero-order valence-electron chi connectivity index (χ0n) is 8.41. The van der Waals surface area contributed by atoms with E-state index >= 15 is 0 Å². The van der Waals surface area contributed by atoms with Crippen LogP contribution < -0.4 is 4.80 Å². The minimum absolute atomic E-state index is 0.497. The summed E-state index contributed by atoms with van der Waals surface area (Å²) >= 11 is 1.31. The van der Waals surface area contributed by atoms with E-state index in [0.29, 0.717) is 11.3 Å². The lowest BCUT2D eigenvalue weighted by Crippen LogP contribution is -2.16. The zero-order chi connectivity index (χ0) is 11.4. The Morgan fingerprint density at radius 3 is 2.81 bits per heavy atom. The van der Waals surface area contributed by atoms with Crippen molar-refractivity contribution < 1.29 is 9.90 Å². The highest BCUT2D eigenvalue weighted by Gasteiger charge is 1.98. The third-order valence-electron chi connectivity index (χ3n) is 2.05. The molecule has 5 heteroatoms. The molecule has 1 N–H and O–H groups in total. The molecular formula is C11H10N2O2S. The Bertz CT molecular complexity index is 542. The minimum Gasteiger partial charge on any atom is -0.463 e. The van der Waals surface area contributed by atoms with Crippen molar-refractivity contribution in [2.24, 2.45) is 4.99 Å². The predicted octanol–water partition coefficient (Wildman–Crippen LogP) is 2.18. The first-order valence-electron chi connectivity index (χ1n) is 4.71. The van der Waals surface area contributed by atoms with E-state index in [9.17, 15) is 4.79 Å². The third-order valence-corrected chi connectivity index (χ3v) is 2.84. The number of hydrogen-bond donors (Lipinski definition) is 1. The predicted molar refractivity (Wildman–Crippen MR) is 61.4 cm³/mol. The van der Waals surface area contributed by atoms with Gasteiger partial charge in [-0.05, 0) is 5.56 Å². The number of rotatable bonds is 2. The highest BCUT2D eigenvalue weighted by atomic mass is 32.1. The summed E-state index contributed by atoms with van der Waals surface area (Å²) in [4.78, 5) is 14.5. The number of aromatic nitrogens is 1. The molecule has 0 unspecified atom stereocenters. The molecule has 0 aliphatic heterocycles. The second kappa shape index (κ2) is 4.76. The number of thiazole rings is 1. The maximum absolute atomic E-state index is 10.5. The molecule has 16 heavy (non-hydrogen) atoms. The molecule has 1 aromatic carbocycles. The Kier molecular flexibility index (Phi) is 3.16. The summed E-state index contributed by atoms with van der Waals surface area (Å²) < 4.78 is 1.81. The normalized spacial score (nSPS) is 11.6. The molecule has 1 heterocycles. The third kappa shape index (κ3) is 2.58. The summed E-state index contributed by atoms with van der Waals surface area (Å²) in [5.74, 6) is 0. The molecule has 0 saturated heterocycles. The topological polar surface area (TPSA) is 54.6 Å². The van der Waals surface area contributed by atoms with E-state index in [1.165, 1.54) is 11.3 Å². The molecule has 1 amide bonds. The molecule has 0 atom stereocenters. The minimum atomic E-state index is -1.16. The Morgan fingerprint density at radius 1 is 1.38 bits per heavy atom. The highest BCUT2D eigenvalue weighted by Crippen LogP contribution is 2.01. The van der Waals surface area contributed by atoms with Crippen molar-refractivity contribution in [1.82, 2.24) is 4.57 Å². The molecule has 0 fully saturated rings. The van der Waals surface area contributed by atoms with Crippen molar-refractivity contribution in [1.29, 1.82) is 0 Å². The molecule has 0 spiro atoms. The van der Waals surface area contributed by atoms with Crippen molar-refractivity contribution in [2.75, 3.05) is 0 Å². The van der Waals surface area contributed by atoms with Gasteiger partial charge in [0.25, 0.3) is 0 Å². The van der Waals surface area contributed by atoms with Crippen LogP contribution in [0.4, 0.5) is 4.79 Å². The monoisotopic (exact) mass is 234 g/mol. The van der Waals surface area contributed by atoms with E-state index in [-0.39, 0.29) is 0 Å². The SMILES string of the molecule is O=C(O)/N=c1/sccn1Cc1ccccc1. The van der Waals surface area contributed by atoms with Crippen molar-refractivity contribution in [3.63, 3.8) is 0 Å². The second-order valence-corrected chi connectivity index (χ2v) is 4.07. The molecule has 1 aromatic heterocycles. The number of benzene rings is 1. The van der Waals surface area contributed by atoms with Crippen LogP contribution in [0.3, 0.4) is 0 Å². The van der Waals surface area contributed by atoms with Gasteiger partial charge in [-0.15, -0.1) is 16.3 Å². The Balaban J connectivity index is 2.30. The lowest BCUT2D eigenvalue weighted by atomic mass is 10.2. The van der Waals surface area contributed by atoms with Crippen LogP contribution in [0.2, 0.25) is 0 Å². The summed E-state index contributed by atoms with van der Waals surface area (Å²) in [6.45, 7) is 0.635. The van der Waals surface area contributed by atoms with Gasteiger partial charge >= 0.3 is 6.09 Å². The van der Waals surface area contributed by atoms with Gasteiger partial charge in [-0.3, -0.25) is 0 Å². The average molecular weight is 234 g/mol. The van der Waals surface area contributed by atoms with Gasteiger partial charge in [-0.25, -0.2) is 4.79 Å². The number of amides is 1. The van der Waals surface area contributed by atoms with Gasteiger partial charge in [0.05, 0.1) is 0 Å². The summed E-state index contributed by atoms with van der Waals surface area (Å²) in [5.41, 5.74) is 1.12. The number of carbonyl (C=O) groups is 1. The molecule has 82 valence electrons. The van der Waals surface area contributed by atoms with Crippen LogP contribution in [0.5, 0.6) is 0 Å². The van der Waals surface area contributed by atoms with E-state index in [0.717, 1.165) is 5.56 Å². The van der Waals surface area contributed by atoms with Crippen molar-refractivity contribution >= 4 is 17.4 Å². The van der Waals surface area contributed by atoms with Crippen LogP contribution in [0.15, 0.2) is 46.9 Å². The quantitative estimate of drug-likeness (QED) is 0.865. The van der Waals surface area contributed by atoms with Gasteiger partial charge in [0, 0.05) is 18.1 Å². The molecule has 0 aliphatic rings. The van der Waals surface area contributed by atoms with Gasteiger partial charge in [-0.1, -0.05) is 30.3 Å². The summed E-state index contributed by atoms with van der Waals surface area (Å²) in [5, 5.41) is 10.4. The second-order valence-electron chi connectivity index (χ2n) is 3.19. The van der Waals surface area contributed by atoms with E-state index in [2.05, 4.69) is 4.99 Å². The molecule has 0 radical (unpaired) electrons. The molecule has 4 nitrogen and oxygen atoms in total. The smallest absolute Gasteiger partial charge is 0.433 e. The average Bonchev–Trinajstić information content (AvgIpc) is 2.66. The maximum Gasteiger partial charge on any atom is 0.433 e. The van der Waals surface area contributed by atoms with Crippen LogP contribution in [0.25, 0.3) is 0 Å². The van der Waals surface area contributed by atoms with Crippen LogP contribution in [0, 0.1) is 0 Å². The number of nitrogens with zero attached hydrogens (tertiary/aromatic N) is 2. The first-order valence-corrected chi connectivity index (χ1v) is 5.59. The Labute approximate surface area is 96.1 Å². The molecule has 0 bridgehead atoms. The van der Waals surface area contributed by atoms with Gasteiger partial charge in [-0.2, -0.15) is 0 Å². The summed E-state index contributed by atoms with van der Waals surface area (Å²) in [6.07, 6.45) is 0.670. The van der Waals surface area contributed by atoms with E-state index in [4.69, 9.17) is 5.11 Å². The largest absolute Gasteiger partial charge is 0.463 e. The lowest BCUT2D eigenvalue weighted by Gasteiger charge is -2.01. The van der Waals surface area contributed by atoms with Gasteiger partial charge < -0.3 is 9.67 Å². The molecule has 0 saturated carbocycles. The van der Waals surface area contributed by atoms with Crippen LogP contribution in [-0.4, -0.2) is 15.8 Å². The summed E-state index contributed by atoms with van der Waals surface area (Å²) in [6, 6.07) is 9.85. The molecule has 2 aromatic rings. The van der Waals surface area contributed by atoms with Gasteiger partial charge in [0.2, 0.25) is 0 Å². The van der Waals surface area contributed by atoms with Crippen LogP contribution >= 0.6 is 11.3 Å². The maximum atomic E-state index is 10.5. The van der Waals surface area contributed by atoms with Gasteiger partial charge in [0.1, 0.15) is 0 Å². The zero-order valence-corrected chi connectivity index (χ0v) is 9.22. The highest BCUT2D eigenvalue weighted by molar-refractivity contribution is 7.07. The Morgan fingerprint density at radius 2 is 2.12 bits per heavy atom. The standard InChI is InChI=1S/C11H10N2O2S/c14-11(15)12-10-13(6-7-16-10)8-9-4-2-1-3-5-9/h1-7H,8H2,(H,14,15)/b12-10+. The van der Waals surface area contributed by atoms with Crippen molar-refractivity contribution in [3.05, 3.63) is 52.3 Å². The fourth-order valence-electron chi connectivity index (χ4n) is 1.37. The lowest BCUT2D eigenvalue weighted by molar-refractivity contribution is 0.204. The van der Waals surface area contributed by atoms with Crippen molar-refractivity contribution in [2.45, 2.75) is 6.54 Å². The van der Waals surface area contributed by atoms with E-state index in [1.807, 2.05) is 46.5 Å².